The highest BCUT2D eigenvalue weighted by Crippen LogP contribution is 2.30. The van der Waals surface area contributed by atoms with Crippen LogP contribution in [0.2, 0.25) is 0 Å². The number of hydrogen-bond donors (Lipinski definition) is 1. The number of hydrogen-bond acceptors (Lipinski definition) is 3. The van der Waals surface area contributed by atoms with Crippen LogP contribution in [-0.4, -0.2) is 41.7 Å². The van der Waals surface area contributed by atoms with Crippen molar-refractivity contribution in [3.63, 3.8) is 0 Å². The molecule has 1 saturated heterocycles. The molecule has 0 bridgehead atoms. The van der Waals surface area contributed by atoms with Gasteiger partial charge in [-0.15, -0.1) is 0 Å². The number of ether oxygens (including phenoxy) is 1. The van der Waals surface area contributed by atoms with E-state index >= 15 is 0 Å². The van der Waals surface area contributed by atoms with Gasteiger partial charge in [0.25, 0.3) is 0 Å². The van der Waals surface area contributed by atoms with Crippen LogP contribution in [0.3, 0.4) is 0 Å². The first-order valence-corrected chi connectivity index (χ1v) is 7.06. The first-order valence-electron chi connectivity index (χ1n) is 7.06. The fourth-order valence-corrected chi connectivity index (χ4v) is 2.91. The molecule has 0 aliphatic carbocycles. The topological polar surface area (TPSA) is 41.1 Å². The lowest BCUT2D eigenvalue weighted by molar-refractivity contribution is 0.0928. The molecule has 1 aliphatic heterocycles. The van der Waals surface area contributed by atoms with E-state index in [1.807, 2.05) is 12.1 Å². The Hall–Kier alpha value is -1.39. The van der Waals surface area contributed by atoms with E-state index in [-0.39, 0.29) is 0 Å². The quantitative estimate of drug-likeness (QED) is 0.918. The number of aromatic nitrogens is 2. The zero-order valence-corrected chi connectivity index (χ0v) is 11.4. The van der Waals surface area contributed by atoms with Crippen molar-refractivity contribution in [3.8, 4) is 0 Å². The van der Waals surface area contributed by atoms with Crippen LogP contribution in [0, 0.1) is 0 Å². The number of rotatable bonds is 4. The lowest BCUT2D eigenvalue weighted by Crippen LogP contribution is -2.36. The van der Waals surface area contributed by atoms with Gasteiger partial charge in [-0.3, -0.25) is 4.90 Å². The molecule has 4 heteroatoms. The third-order valence-electron chi connectivity index (χ3n) is 3.92. The summed E-state index contributed by atoms with van der Waals surface area (Å²) in [5, 5.41) is 0. The van der Waals surface area contributed by atoms with Gasteiger partial charge in [-0.2, -0.15) is 0 Å². The van der Waals surface area contributed by atoms with Crippen molar-refractivity contribution in [2.45, 2.75) is 25.3 Å². The summed E-state index contributed by atoms with van der Waals surface area (Å²) in [6.07, 6.45) is 3.75. The van der Waals surface area contributed by atoms with Gasteiger partial charge < -0.3 is 9.72 Å². The number of imidazole rings is 1. The van der Waals surface area contributed by atoms with E-state index in [9.17, 15) is 0 Å². The van der Waals surface area contributed by atoms with E-state index in [1.54, 1.807) is 7.11 Å². The van der Waals surface area contributed by atoms with E-state index in [2.05, 4.69) is 22.0 Å². The Balaban J connectivity index is 1.84. The smallest absolute Gasteiger partial charge is 0.124 e. The number of nitrogens with one attached hydrogen (secondary N) is 1. The molecule has 19 heavy (non-hydrogen) atoms. The van der Waals surface area contributed by atoms with Gasteiger partial charge in [-0.1, -0.05) is 18.6 Å². The van der Waals surface area contributed by atoms with Gasteiger partial charge in [0, 0.05) is 13.7 Å². The normalized spacial score (nSPS) is 21.0. The predicted molar refractivity (Wildman–Crippen MR) is 76.1 cm³/mol. The standard InChI is InChI=1S/C15H21N3O/c1-19-11-10-18-9-5-4-8-14(18)15-16-12-6-2-3-7-13(12)17-15/h2-3,6-7,14H,4-5,8-11H2,1H3,(H,16,17)/t14-/m0/s1. The lowest BCUT2D eigenvalue weighted by Gasteiger charge is -2.34. The largest absolute Gasteiger partial charge is 0.383 e. The van der Waals surface area contributed by atoms with E-state index in [4.69, 9.17) is 9.72 Å². The Bertz CT molecular complexity index is 504. The lowest BCUT2D eigenvalue weighted by atomic mass is 10.0. The van der Waals surface area contributed by atoms with Crippen LogP contribution >= 0.6 is 0 Å². The third kappa shape index (κ3) is 2.65. The Morgan fingerprint density at radius 3 is 3.11 bits per heavy atom. The maximum Gasteiger partial charge on any atom is 0.124 e. The number of piperidine rings is 1. The van der Waals surface area contributed by atoms with Gasteiger partial charge in [0.1, 0.15) is 5.82 Å². The summed E-state index contributed by atoms with van der Waals surface area (Å²) in [6.45, 7) is 2.92. The SMILES string of the molecule is COCCN1CCCC[C@H]1c1nc2ccccc2[nH]1. The van der Waals surface area contributed by atoms with E-state index < -0.39 is 0 Å². The Kier molecular flexibility index (Phi) is 3.80. The molecule has 1 aromatic carbocycles. The zero-order chi connectivity index (χ0) is 13.1. The highest BCUT2D eigenvalue weighted by Gasteiger charge is 2.25. The predicted octanol–water partition coefficient (Wildman–Crippen LogP) is 2.74. The molecule has 2 aromatic rings. The summed E-state index contributed by atoms with van der Waals surface area (Å²) >= 11 is 0. The highest BCUT2D eigenvalue weighted by molar-refractivity contribution is 5.74. The first-order chi connectivity index (χ1) is 9.38. The second kappa shape index (κ2) is 5.72. The molecule has 0 unspecified atom stereocenters. The van der Waals surface area contributed by atoms with Crippen LogP contribution in [0.25, 0.3) is 11.0 Å². The average Bonchev–Trinajstić information content (AvgIpc) is 2.89. The molecule has 1 N–H and O–H groups in total. The molecule has 1 aromatic heterocycles. The Morgan fingerprint density at radius 1 is 1.37 bits per heavy atom. The number of likely N-dealkylation sites (tertiary alicyclic amines) is 1. The molecule has 0 amide bonds. The summed E-state index contributed by atoms with van der Waals surface area (Å²) in [5.41, 5.74) is 2.20. The van der Waals surface area contributed by atoms with Gasteiger partial charge >= 0.3 is 0 Å². The Morgan fingerprint density at radius 2 is 2.26 bits per heavy atom. The zero-order valence-electron chi connectivity index (χ0n) is 11.4. The molecular formula is C15H21N3O. The second-order valence-corrected chi connectivity index (χ2v) is 5.18. The van der Waals surface area contributed by atoms with E-state index in [1.165, 1.54) is 19.3 Å². The molecule has 3 rings (SSSR count). The maximum absolute atomic E-state index is 5.22. The number of benzene rings is 1. The van der Waals surface area contributed by atoms with Crippen LogP contribution < -0.4 is 0 Å². The minimum atomic E-state index is 0.413. The summed E-state index contributed by atoms with van der Waals surface area (Å²) in [5.74, 6) is 1.11. The highest BCUT2D eigenvalue weighted by atomic mass is 16.5. The minimum absolute atomic E-state index is 0.413. The van der Waals surface area contributed by atoms with Gasteiger partial charge in [0.05, 0.1) is 23.7 Å². The number of aromatic amines is 1. The van der Waals surface area contributed by atoms with Gasteiger partial charge in [0.2, 0.25) is 0 Å². The fraction of sp³-hybridized carbons (Fsp3) is 0.533. The average molecular weight is 259 g/mol. The van der Waals surface area contributed by atoms with Crippen molar-refractivity contribution in [2.75, 3.05) is 26.8 Å². The number of para-hydroxylation sites is 2. The molecule has 0 saturated carbocycles. The minimum Gasteiger partial charge on any atom is -0.383 e. The fourth-order valence-electron chi connectivity index (χ4n) is 2.91. The number of fused-ring (bicyclic) bond motifs is 1. The third-order valence-corrected chi connectivity index (χ3v) is 3.92. The van der Waals surface area contributed by atoms with Gasteiger partial charge in [-0.25, -0.2) is 4.98 Å². The molecule has 102 valence electrons. The second-order valence-electron chi connectivity index (χ2n) is 5.18. The molecule has 2 heterocycles. The van der Waals surface area contributed by atoms with Crippen molar-refractivity contribution in [3.05, 3.63) is 30.1 Å². The van der Waals surface area contributed by atoms with Crippen molar-refractivity contribution >= 4 is 11.0 Å². The van der Waals surface area contributed by atoms with Crippen LogP contribution in [0.1, 0.15) is 31.1 Å². The molecule has 0 spiro atoms. The van der Waals surface area contributed by atoms with Crippen molar-refractivity contribution in [1.82, 2.24) is 14.9 Å². The molecular weight excluding hydrogens is 238 g/mol. The van der Waals surface area contributed by atoms with Crippen molar-refractivity contribution in [2.24, 2.45) is 0 Å². The van der Waals surface area contributed by atoms with E-state index in [0.717, 1.165) is 36.6 Å². The van der Waals surface area contributed by atoms with Crippen LogP contribution in [0.5, 0.6) is 0 Å². The summed E-state index contributed by atoms with van der Waals surface area (Å²) in [4.78, 5) is 10.7. The monoisotopic (exact) mass is 259 g/mol. The first kappa shape index (κ1) is 12.6. The maximum atomic E-state index is 5.22. The van der Waals surface area contributed by atoms with Crippen LogP contribution in [0.4, 0.5) is 0 Å². The number of nitrogens with zero attached hydrogens (tertiary/aromatic N) is 2. The van der Waals surface area contributed by atoms with Crippen LogP contribution in [0.15, 0.2) is 24.3 Å². The summed E-state index contributed by atoms with van der Waals surface area (Å²) in [6, 6.07) is 8.66. The molecule has 1 fully saturated rings. The number of H-pyrrole nitrogens is 1. The van der Waals surface area contributed by atoms with Crippen molar-refractivity contribution < 1.29 is 4.74 Å². The summed E-state index contributed by atoms with van der Waals surface area (Å²) in [7, 11) is 1.76. The molecule has 1 atom stereocenters. The molecule has 1 aliphatic rings. The van der Waals surface area contributed by atoms with Gasteiger partial charge in [-0.05, 0) is 31.5 Å². The van der Waals surface area contributed by atoms with Gasteiger partial charge in [0.15, 0.2) is 0 Å². The van der Waals surface area contributed by atoms with Crippen LogP contribution in [-0.2, 0) is 4.74 Å². The van der Waals surface area contributed by atoms with E-state index in [0.29, 0.717) is 6.04 Å². The molecule has 0 radical (unpaired) electrons. The molecule has 4 nitrogen and oxygen atoms in total. The Labute approximate surface area is 113 Å². The number of methoxy groups -OCH3 is 1. The summed E-state index contributed by atoms with van der Waals surface area (Å²) < 4.78 is 5.22. The van der Waals surface area contributed by atoms with Crippen molar-refractivity contribution in [1.29, 1.82) is 0 Å².